The molecule has 0 saturated carbocycles. The number of hydrogen-bond donors (Lipinski definition) is 2. The second-order valence-electron chi connectivity index (χ2n) is 8.33. The summed E-state index contributed by atoms with van der Waals surface area (Å²) in [5.74, 6) is -1.30. The zero-order valence-electron chi connectivity index (χ0n) is 20.3. The van der Waals surface area contributed by atoms with Crippen molar-refractivity contribution in [2.45, 2.75) is 13.8 Å². The zero-order chi connectivity index (χ0) is 27.2. The van der Waals surface area contributed by atoms with E-state index in [2.05, 4.69) is 15.8 Å². The Morgan fingerprint density at radius 1 is 1.03 bits per heavy atom. The van der Waals surface area contributed by atoms with Gasteiger partial charge in [-0.3, -0.25) is 19.7 Å². The van der Waals surface area contributed by atoms with Gasteiger partial charge >= 0.3 is 11.7 Å². The number of ether oxygens (including phenoxy) is 3. The van der Waals surface area contributed by atoms with E-state index in [1.165, 1.54) is 48.5 Å². The first kappa shape index (κ1) is 25.8. The van der Waals surface area contributed by atoms with E-state index in [9.17, 15) is 24.5 Å². The molecule has 2 amide bonds. The van der Waals surface area contributed by atoms with Crippen molar-refractivity contribution < 1.29 is 33.5 Å². The van der Waals surface area contributed by atoms with Crippen LogP contribution in [0.5, 0.6) is 17.2 Å². The number of nitro groups is 1. The highest BCUT2D eigenvalue weighted by Crippen LogP contribution is 2.34. The maximum absolute atomic E-state index is 12.8. The highest BCUT2D eigenvalue weighted by Gasteiger charge is 2.24. The average Bonchev–Trinajstić information content (AvgIpc) is 3.37. The fourth-order valence-corrected chi connectivity index (χ4v) is 3.29. The normalized spacial score (nSPS) is 11.9. The summed E-state index contributed by atoms with van der Waals surface area (Å²) in [6.45, 7) is 3.55. The number of carbonyl (C=O) groups excluding carboxylic acids is 3. The highest BCUT2D eigenvalue weighted by atomic mass is 16.7. The highest BCUT2D eigenvalue weighted by molar-refractivity contribution is 5.98. The Bertz CT molecular complexity index is 1430. The van der Waals surface area contributed by atoms with E-state index in [0.29, 0.717) is 17.2 Å². The van der Waals surface area contributed by atoms with Crippen molar-refractivity contribution in [3.8, 4) is 17.2 Å². The number of anilines is 1. The number of rotatable bonds is 8. The summed E-state index contributed by atoms with van der Waals surface area (Å²) in [6.07, 6.45) is 1.13. The molecule has 0 aliphatic carbocycles. The number of nitro benzene ring substituents is 1. The largest absolute Gasteiger partial charge is 0.454 e. The summed E-state index contributed by atoms with van der Waals surface area (Å²) in [4.78, 5) is 47.9. The Hall–Kier alpha value is -5.26. The van der Waals surface area contributed by atoms with Crippen LogP contribution in [0, 0.1) is 16.0 Å². The topological polar surface area (TPSA) is 158 Å². The smallest absolute Gasteiger partial charge is 0.343 e. The summed E-state index contributed by atoms with van der Waals surface area (Å²) >= 11 is 0. The van der Waals surface area contributed by atoms with Crippen molar-refractivity contribution in [3.63, 3.8) is 0 Å². The van der Waals surface area contributed by atoms with Crippen LogP contribution in [0.25, 0.3) is 0 Å². The van der Waals surface area contributed by atoms with Crippen LogP contribution in [0.3, 0.4) is 0 Å². The summed E-state index contributed by atoms with van der Waals surface area (Å²) in [5.41, 5.74) is 2.83. The fourth-order valence-electron chi connectivity index (χ4n) is 3.29. The third-order valence-electron chi connectivity index (χ3n) is 5.33. The van der Waals surface area contributed by atoms with Crippen molar-refractivity contribution in [1.82, 2.24) is 5.43 Å². The monoisotopic (exact) mass is 518 g/mol. The van der Waals surface area contributed by atoms with Crippen LogP contribution >= 0.6 is 0 Å². The number of nitrogens with one attached hydrogen (secondary N) is 2. The van der Waals surface area contributed by atoms with E-state index in [0.717, 1.165) is 6.21 Å². The molecule has 194 valence electrons. The van der Waals surface area contributed by atoms with E-state index in [1.807, 2.05) is 0 Å². The molecule has 3 aromatic rings. The van der Waals surface area contributed by atoms with E-state index in [1.54, 1.807) is 26.0 Å². The predicted octanol–water partition coefficient (Wildman–Crippen LogP) is 3.90. The second-order valence-corrected chi connectivity index (χ2v) is 8.33. The van der Waals surface area contributed by atoms with Crippen LogP contribution in [0.4, 0.5) is 11.4 Å². The summed E-state index contributed by atoms with van der Waals surface area (Å²) in [6, 6.07) is 14.6. The van der Waals surface area contributed by atoms with Gasteiger partial charge in [0.1, 0.15) is 0 Å². The summed E-state index contributed by atoms with van der Waals surface area (Å²) in [7, 11) is 0. The molecule has 0 aromatic heterocycles. The maximum atomic E-state index is 12.8. The first-order valence-corrected chi connectivity index (χ1v) is 11.4. The van der Waals surface area contributed by atoms with Gasteiger partial charge in [-0.15, -0.1) is 0 Å². The molecule has 3 aromatic carbocycles. The summed E-state index contributed by atoms with van der Waals surface area (Å²) < 4.78 is 15.8. The van der Waals surface area contributed by atoms with Crippen molar-refractivity contribution in [3.05, 3.63) is 87.5 Å². The van der Waals surface area contributed by atoms with Gasteiger partial charge in [-0.2, -0.15) is 5.10 Å². The van der Waals surface area contributed by atoms with Gasteiger partial charge < -0.3 is 19.5 Å². The van der Waals surface area contributed by atoms with Gasteiger partial charge in [0.15, 0.2) is 11.5 Å². The molecule has 0 fully saturated rings. The predicted molar refractivity (Wildman–Crippen MR) is 136 cm³/mol. The number of fused-ring (bicyclic) bond motifs is 1. The van der Waals surface area contributed by atoms with Gasteiger partial charge in [0, 0.05) is 28.8 Å². The first-order valence-electron chi connectivity index (χ1n) is 11.4. The van der Waals surface area contributed by atoms with Crippen molar-refractivity contribution in [2.24, 2.45) is 11.0 Å². The number of hydrogen-bond acceptors (Lipinski definition) is 9. The van der Waals surface area contributed by atoms with Gasteiger partial charge in [0.05, 0.1) is 16.7 Å². The molecule has 1 aliphatic heterocycles. The van der Waals surface area contributed by atoms with Gasteiger partial charge in [-0.25, -0.2) is 10.2 Å². The molecule has 0 bridgehead atoms. The zero-order valence-corrected chi connectivity index (χ0v) is 20.3. The molecule has 0 unspecified atom stereocenters. The van der Waals surface area contributed by atoms with Crippen LogP contribution < -0.4 is 25.0 Å². The van der Waals surface area contributed by atoms with Gasteiger partial charge in [-0.1, -0.05) is 19.9 Å². The SMILES string of the molecule is CC(C)C(=O)Nc1ccc(C(=O)N/N=C/c2cccc([N+](=O)[O-])c2OC(=O)c2ccc3c(c2)OCO3)cc1. The number of hydrazone groups is 1. The van der Waals surface area contributed by atoms with E-state index in [4.69, 9.17) is 14.2 Å². The Labute approximate surface area is 216 Å². The lowest BCUT2D eigenvalue weighted by Crippen LogP contribution is -2.19. The van der Waals surface area contributed by atoms with Crippen LogP contribution in [0.1, 0.15) is 40.1 Å². The lowest BCUT2D eigenvalue weighted by Gasteiger charge is -2.09. The maximum Gasteiger partial charge on any atom is 0.343 e. The van der Waals surface area contributed by atoms with Gasteiger partial charge in [-0.05, 0) is 48.5 Å². The van der Waals surface area contributed by atoms with Gasteiger partial charge in [0.25, 0.3) is 5.91 Å². The molecular formula is C26H22N4O8. The van der Waals surface area contributed by atoms with Crippen LogP contribution in [-0.2, 0) is 4.79 Å². The van der Waals surface area contributed by atoms with Crippen molar-refractivity contribution in [2.75, 3.05) is 12.1 Å². The van der Waals surface area contributed by atoms with E-state index < -0.39 is 22.5 Å². The van der Waals surface area contributed by atoms with Gasteiger partial charge in [0.2, 0.25) is 18.4 Å². The number of carbonyl (C=O) groups is 3. The third kappa shape index (κ3) is 5.93. The van der Waals surface area contributed by atoms with Crippen molar-refractivity contribution >= 4 is 35.4 Å². The molecule has 2 N–H and O–H groups in total. The Balaban J connectivity index is 1.48. The lowest BCUT2D eigenvalue weighted by atomic mass is 10.1. The minimum Gasteiger partial charge on any atom is -0.454 e. The average molecular weight is 518 g/mol. The molecule has 1 heterocycles. The molecular weight excluding hydrogens is 496 g/mol. The Morgan fingerprint density at radius 2 is 1.74 bits per heavy atom. The molecule has 38 heavy (non-hydrogen) atoms. The Morgan fingerprint density at radius 3 is 2.45 bits per heavy atom. The van der Waals surface area contributed by atoms with E-state index in [-0.39, 0.29) is 41.1 Å². The quantitative estimate of drug-likeness (QED) is 0.149. The molecule has 1 aliphatic rings. The molecule has 0 atom stereocenters. The minimum absolute atomic E-state index is 0.0170. The molecule has 0 saturated heterocycles. The number of para-hydroxylation sites is 1. The Kier molecular flexibility index (Phi) is 7.61. The second kappa shape index (κ2) is 11.2. The number of nitrogens with zero attached hydrogens (tertiary/aromatic N) is 2. The summed E-state index contributed by atoms with van der Waals surface area (Å²) in [5, 5.41) is 18.2. The minimum atomic E-state index is -0.860. The number of amides is 2. The van der Waals surface area contributed by atoms with E-state index >= 15 is 0 Å². The molecule has 4 rings (SSSR count). The molecule has 0 radical (unpaired) electrons. The fraction of sp³-hybridized carbons (Fsp3) is 0.154. The standard InChI is InChI=1S/C26H22N4O8/c1-15(2)24(31)28-19-9-6-16(7-10-19)25(32)29-27-13-18-4-3-5-20(30(34)35)23(18)38-26(33)17-8-11-21-22(12-17)37-14-36-21/h3-13,15H,14H2,1-2H3,(H,28,31)(H,29,32)/b27-13+. The van der Waals surface area contributed by atoms with Crippen molar-refractivity contribution in [1.29, 1.82) is 0 Å². The number of esters is 1. The van der Waals surface area contributed by atoms with Crippen LogP contribution in [0.2, 0.25) is 0 Å². The molecule has 0 spiro atoms. The van der Waals surface area contributed by atoms with Crippen LogP contribution in [0.15, 0.2) is 65.8 Å². The lowest BCUT2D eigenvalue weighted by molar-refractivity contribution is -0.385. The first-order chi connectivity index (χ1) is 18.2. The third-order valence-corrected chi connectivity index (χ3v) is 5.33. The molecule has 12 heteroatoms. The number of benzene rings is 3. The molecule has 12 nitrogen and oxygen atoms in total. The van der Waals surface area contributed by atoms with Crippen LogP contribution in [-0.4, -0.2) is 35.7 Å².